The summed E-state index contributed by atoms with van der Waals surface area (Å²) in [7, 11) is 1.92. The lowest BCUT2D eigenvalue weighted by Gasteiger charge is -2.00. The summed E-state index contributed by atoms with van der Waals surface area (Å²) in [6.45, 7) is 0.973. The average Bonchev–Trinajstić information content (AvgIpc) is 2.25. The Morgan fingerprint density at radius 3 is 2.69 bits per heavy atom. The van der Waals surface area contributed by atoms with E-state index in [1.807, 2.05) is 13.1 Å². The topological polar surface area (TPSA) is 42.0 Å². The Balaban J connectivity index is 0. The van der Waals surface area contributed by atoms with Crippen LogP contribution in [0.25, 0.3) is 0 Å². The molecule has 0 radical (unpaired) electrons. The minimum absolute atomic E-state index is 0. The van der Waals surface area contributed by atoms with Crippen molar-refractivity contribution >= 4 is 30.6 Å². The highest BCUT2D eigenvalue weighted by atomic mass is 35.5. The number of ketones is 1. The van der Waals surface area contributed by atoms with Crippen molar-refractivity contribution in [3.8, 4) is 0 Å². The highest BCUT2D eigenvalue weighted by molar-refractivity contribution is 5.95. The molecule has 1 heterocycles. The Bertz CT molecular complexity index is 281. The molecule has 1 N–H and O–H groups in total. The first kappa shape index (κ1) is 17.7. The van der Waals surface area contributed by atoms with Crippen LogP contribution in [0.3, 0.4) is 0 Å². The van der Waals surface area contributed by atoms with Gasteiger partial charge in [0, 0.05) is 24.4 Å². The maximum atomic E-state index is 11.5. The summed E-state index contributed by atoms with van der Waals surface area (Å²) in [5, 5.41) is 3.06. The number of Topliss-reactive ketones (excluding diaryl/α,β-unsaturated/α-hetero) is 1. The van der Waals surface area contributed by atoms with Crippen molar-refractivity contribution in [3.63, 3.8) is 0 Å². The zero-order valence-electron chi connectivity index (χ0n) is 9.31. The third kappa shape index (κ3) is 6.77. The van der Waals surface area contributed by atoms with Crippen molar-refractivity contribution in [3.05, 3.63) is 30.1 Å². The van der Waals surface area contributed by atoms with E-state index < -0.39 is 0 Å². The third-order valence-electron chi connectivity index (χ3n) is 2.06. The summed E-state index contributed by atoms with van der Waals surface area (Å²) in [6, 6.07) is 3.61. The molecule has 0 saturated heterocycles. The molecule has 1 aromatic heterocycles. The van der Waals surface area contributed by atoms with E-state index in [4.69, 9.17) is 0 Å². The summed E-state index contributed by atoms with van der Waals surface area (Å²) < 4.78 is 0. The van der Waals surface area contributed by atoms with Gasteiger partial charge in [-0.1, -0.05) is 0 Å². The predicted molar refractivity (Wildman–Crippen MR) is 70.8 cm³/mol. The number of nitrogens with zero attached hydrogens (tertiary/aromatic N) is 1. The van der Waals surface area contributed by atoms with Gasteiger partial charge in [0.05, 0.1) is 0 Å². The minimum Gasteiger partial charge on any atom is -0.320 e. The number of nitrogens with one attached hydrogen (secondary N) is 1. The van der Waals surface area contributed by atoms with Crippen LogP contribution in [-0.4, -0.2) is 24.4 Å². The van der Waals surface area contributed by atoms with E-state index in [9.17, 15) is 4.79 Å². The van der Waals surface area contributed by atoms with E-state index in [0.29, 0.717) is 6.42 Å². The number of carbonyl (C=O) groups is 1. The molecular weight excluding hydrogens is 247 g/mol. The van der Waals surface area contributed by atoms with Gasteiger partial charge in [-0.15, -0.1) is 24.8 Å². The molecule has 0 bridgehead atoms. The SMILES string of the molecule is CNCCCCC(=O)c1cccnc1.Cl.Cl. The molecule has 0 aliphatic rings. The lowest BCUT2D eigenvalue weighted by molar-refractivity contribution is 0.0979. The second kappa shape index (κ2) is 10.9. The van der Waals surface area contributed by atoms with Crippen molar-refractivity contribution in [2.45, 2.75) is 19.3 Å². The molecule has 0 saturated carbocycles. The Morgan fingerprint density at radius 2 is 2.12 bits per heavy atom. The van der Waals surface area contributed by atoms with Gasteiger partial charge < -0.3 is 5.32 Å². The van der Waals surface area contributed by atoms with Crippen molar-refractivity contribution in [2.75, 3.05) is 13.6 Å². The van der Waals surface area contributed by atoms with Crippen LogP contribution < -0.4 is 5.32 Å². The fourth-order valence-electron chi connectivity index (χ4n) is 1.26. The molecule has 0 unspecified atom stereocenters. The van der Waals surface area contributed by atoms with Crippen molar-refractivity contribution in [1.29, 1.82) is 0 Å². The van der Waals surface area contributed by atoms with Crippen LogP contribution in [0.4, 0.5) is 0 Å². The highest BCUT2D eigenvalue weighted by Crippen LogP contribution is 2.04. The second-order valence-electron chi connectivity index (χ2n) is 3.23. The summed E-state index contributed by atoms with van der Waals surface area (Å²) >= 11 is 0. The monoisotopic (exact) mass is 264 g/mol. The summed E-state index contributed by atoms with van der Waals surface area (Å²) in [5.74, 6) is 0.189. The van der Waals surface area contributed by atoms with Gasteiger partial charge in [0.2, 0.25) is 0 Å². The molecule has 0 aromatic carbocycles. The molecule has 0 spiro atoms. The van der Waals surface area contributed by atoms with Gasteiger partial charge in [0.25, 0.3) is 0 Å². The molecule has 1 aromatic rings. The quantitative estimate of drug-likeness (QED) is 0.634. The number of halogens is 2. The molecule has 0 amide bonds. The molecule has 0 fully saturated rings. The minimum atomic E-state index is 0. The van der Waals surface area contributed by atoms with E-state index in [2.05, 4.69) is 10.3 Å². The van der Waals surface area contributed by atoms with Crippen LogP contribution in [0, 0.1) is 0 Å². The van der Waals surface area contributed by atoms with Gasteiger partial charge in [-0.05, 0) is 38.6 Å². The van der Waals surface area contributed by atoms with E-state index >= 15 is 0 Å². The Hall–Kier alpha value is -0.640. The fourth-order valence-corrected chi connectivity index (χ4v) is 1.26. The van der Waals surface area contributed by atoms with Crippen molar-refractivity contribution in [1.82, 2.24) is 10.3 Å². The van der Waals surface area contributed by atoms with E-state index in [-0.39, 0.29) is 30.6 Å². The number of unbranched alkanes of at least 4 members (excludes halogenated alkanes) is 1. The van der Waals surface area contributed by atoms with Gasteiger partial charge in [-0.2, -0.15) is 0 Å². The molecule has 1 rings (SSSR count). The van der Waals surface area contributed by atoms with E-state index in [0.717, 1.165) is 24.9 Å². The summed E-state index contributed by atoms with van der Waals surface area (Å²) in [4.78, 5) is 15.5. The first-order valence-electron chi connectivity index (χ1n) is 4.92. The zero-order chi connectivity index (χ0) is 10.2. The van der Waals surface area contributed by atoms with Crippen LogP contribution in [0.1, 0.15) is 29.6 Å². The van der Waals surface area contributed by atoms with Gasteiger partial charge in [-0.25, -0.2) is 0 Å². The average molecular weight is 265 g/mol. The van der Waals surface area contributed by atoms with E-state index in [1.54, 1.807) is 18.5 Å². The lowest BCUT2D eigenvalue weighted by Crippen LogP contribution is -2.08. The van der Waals surface area contributed by atoms with Crippen LogP contribution >= 0.6 is 24.8 Å². The highest BCUT2D eigenvalue weighted by Gasteiger charge is 2.03. The number of pyridine rings is 1. The fraction of sp³-hybridized carbons (Fsp3) is 0.455. The zero-order valence-corrected chi connectivity index (χ0v) is 10.9. The van der Waals surface area contributed by atoms with Crippen molar-refractivity contribution < 1.29 is 4.79 Å². The van der Waals surface area contributed by atoms with Gasteiger partial charge >= 0.3 is 0 Å². The maximum Gasteiger partial charge on any atom is 0.164 e. The van der Waals surface area contributed by atoms with Crippen LogP contribution in [-0.2, 0) is 0 Å². The van der Waals surface area contributed by atoms with Crippen LogP contribution in [0.15, 0.2) is 24.5 Å². The Labute approximate surface area is 109 Å². The van der Waals surface area contributed by atoms with Crippen LogP contribution in [0.5, 0.6) is 0 Å². The molecule has 0 atom stereocenters. The standard InChI is InChI=1S/C11H16N2O.2ClH/c1-12-7-3-2-6-11(14)10-5-4-8-13-9-10;;/h4-5,8-9,12H,2-3,6-7H2,1H3;2*1H. The van der Waals surface area contributed by atoms with Gasteiger partial charge in [-0.3, -0.25) is 9.78 Å². The van der Waals surface area contributed by atoms with Gasteiger partial charge in [0.15, 0.2) is 5.78 Å². The molecule has 5 heteroatoms. The number of rotatable bonds is 6. The van der Waals surface area contributed by atoms with Gasteiger partial charge in [0.1, 0.15) is 0 Å². The number of aromatic nitrogens is 1. The molecule has 92 valence electrons. The summed E-state index contributed by atoms with van der Waals surface area (Å²) in [5.41, 5.74) is 0.719. The molecule has 3 nitrogen and oxygen atoms in total. The van der Waals surface area contributed by atoms with E-state index in [1.165, 1.54) is 0 Å². The number of carbonyl (C=O) groups excluding carboxylic acids is 1. The predicted octanol–water partition coefficient (Wildman–Crippen LogP) is 2.50. The maximum absolute atomic E-state index is 11.5. The number of hydrogen-bond donors (Lipinski definition) is 1. The van der Waals surface area contributed by atoms with Crippen molar-refractivity contribution in [2.24, 2.45) is 0 Å². The first-order valence-corrected chi connectivity index (χ1v) is 4.92. The molecule has 0 aliphatic heterocycles. The normalized spacial score (nSPS) is 8.81. The molecule has 16 heavy (non-hydrogen) atoms. The first-order chi connectivity index (χ1) is 6.84. The third-order valence-corrected chi connectivity index (χ3v) is 2.06. The molecule has 0 aliphatic carbocycles. The van der Waals surface area contributed by atoms with Crippen LogP contribution in [0.2, 0.25) is 0 Å². The lowest BCUT2D eigenvalue weighted by atomic mass is 10.1. The Kier molecular flexibility index (Phi) is 12.0. The largest absolute Gasteiger partial charge is 0.320 e. The smallest absolute Gasteiger partial charge is 0.164 e. The second-order valence-corrected chi connectivity index (χ2v) is 3.23. The Morgan fingerprint density at radius 1 is 1.38 bits per heavy atom. The molecular formula is C11H18Cl2N2O. The summed E-state index contributed by atoms with van der Waals surface area (Å²) in [6.07, 6.45) is 5.91. The number of hydrogen-bond acceptors (Lipinski definition) is 3.